The van der Waals surface area contributed by atoms with Gasteiger partial charge in [0, 0.05) is 19.3 Å². The Labute approximate surface area is 140 Å². The van der Waals surface area contributed by atoms with Crippen molar-refractivity contribution in [3.63, 3.8) is 0 Å². The molecule has 5 heteroatoms. The van der Waals surface area contributed by atoms with E-state index in [4.69, 9.17) is 0 Å². The first-order valence-electron chi connectivity index (χ1n) is 7.92. The van der Waals surface area contributed by atoms with Crippen LogP contribution in [0.15, 0.2) is 42.5 Å². The Balaban J connectivity index is 1.50. The van der Waals surface area contributed by atoms with E-state index in [9.17, 15) is 14.0 Å². The molecule has 0 fully saturated rings. The molecular weight excluding hydrogens is 307 g/mol. The first-order chi connectivity index (χ1) is 11.5. The fraction of sp³-hybridized carbons (Fsp3) is 0.263. The molecule has 0 saturated heterocycles. The summed E-state index contributed by atoms with van der Waals surface area (Å²) in [5.41, 5.74) is 3.88. The number of rotatable bonds is 5. The summed E-state index contributed by atoms with van der Waals surface area (Å²) in [6.07, 6.45) is 1.39. The Bertz CT molecular complexity index is 771. The zero-order chi connectivity index (χ0) is 17.1. The van der Waals surface area contributed by atoms with Crippen molar-refractivity contribution < 1.29 is 14.0 Å². The van der Waals surface area contributed by atoms with Crippen LogP contribution < -0.4 is 10.2 Å². The van der Waals surface area contributed by atoms with Gasteiger partial charge in [-0.1, -0.05) is 24.3 Å². The highest BCUT2D eigenvalue weighted by atomic mass is 19.1. The second-order valence-corrected chi connectivity index (χ2v) is 6.00. The van der Waals surface area contributed by atoms with Crippen LogP contribution in [0.25, 0.3) is 0 Å². The van der Waals surface area contributed by atoms with E-state index >= 15 is 0 Å². The smallest absolute Gasteiger partial charge is 0.231 e. The predicted octanol–water partition coefficient (Wildman–Crippen LogP) is 2.25. The lowest BCUT2D eigenvalue weighted by Crippen LogP contribution is -2.27. The SMILES string of the molecule is CN1C(=O)Cc2cc(CCNC(=O)Cc3ccc(F)cc3)ccc21. The fourth-order valence-corrected chi connectivity index (χ4v) is 2.88. The highest BCUT2D eigenvalue weighted by Gasteiger charge is 2.23. The van der Waals surface area contributed by atoms with Crippen LogP contribution in [-0.2, 0) is 28.9 Å². The van der Waals surface area contributed by atoms with Crippen LogP contribution >= 0.6 is 0 Å². The van der Waals surface area contributed by atoms with E-state index < -0.39 is 0 Å². The number of nitrogens with zero attached hydrogens (tertiary/aromatic N) is 1. The van der Waals surface area contributed by atoms with Gasteiger partial charge in [0.05, 0.1) is 12.8 Å². The number of halogens is 1. The topological polar surface area (TPSA) is 49.4 Å². The molecule has 24 heavy (non-hydrogen) atoms. The van der Waals surface area contributed by atoms with Gasteiger partial charge in [0.25, 0.3) is 0 Å². The molecule has 1 N–H and O–H groups in total. The number of hydrogen-bond acceptors (Lipinski definition) is 2. The second-order valence-electron chi connectivity index (χ2n) is 6.00. The second kappa shape index (κ2) is 6.83. The monoisotopic (exact) mass is 326 g/mol. The third-order valence-electron chi connectivity index (χ3n) is 4.23. The van der Waals surface area contributed by atoms with Crippen LogP contribution in [-0.4, -0.2) is 25.4 Å². The van der Waals surface area contributed by atoms with Crippen LogP contribution in [0.5, 0.6) is 0 Å². The minimum absolute atomic E-state index is 0.0855. The maximum absolute atomic E-state index is 12.8. The normalized spacial score (nSPS) is 13.1. The number of carbonyl (C=O) groups excluding carboxylic acids is 2. The predicted molar refractivity (Wildman–Crippen MR) is 90.4 cm³/mol. The summed E-state index contributed by atoms with van der Waals surface area (Å²) >= 11 is 0. The van der Waals surface area contributed by atoms with Crippen LogP contribution in [0, 0.1) is 5.82 Å². The van der Waals surface area contributed by atoms with Gasteiger partial charge in [-0.3, -0.25) is 9.59 Å². The number of benzene rings is 2. The van der Waals surface area contributed by atoms with Gasteiger partial charge in [-0.25, -0.2) is 4.39 Å². The molecule has 1 aliphatic rings. The highest BCUT2D eigenvalue weighted by molar-refractivity contribution is 6.00. The lowest BCUT2D eigenvalue weighted by Gasteiger charge is -2.11. The van der Waals surface area contributed by atoms with E-state index in [1.807, 2.05) is 18.2 Å². The standard InChI is InChI=1S/C19H19FN2O2/c1-22-17-7-4-14(10-15(17)12-19(22)24)8-9-21-18(23)11-13-2-5-16(20)6-3-13/h2-7,10H,8-9,11-12H2,1H3,(H,21,23). The lowest BCUT2D eigenvalue weighted by molar-refractivity contribution is -0.120. The summed E-state index contributed by atoms with van der Waals surface area (Å²) in [6.45, 7) is 0.530. The zero-order valence-electron chi connectivity index (χ0n) is 13.5. The molecule has 1 aliphatic heterocycles. The van der Waals surface area contributed by atoms with E-state index in [-0.39, 0.29) is 24.1 Å². The van der Waals surface area contributed by atoms with E-state index in [0.29, 0.717) is 19.4 Å². The van der Waals surface area contributed by atoms with E-state index in [0.717, 1.165) is 22.4 Å². The average Bonchev–Trinajstić information content (AvgIpc) is 2.84. The summed E-state index contributed by atoms with van der Waals surface area (Å²) in [6, 6.07) is 11.9. The van der Waals surface area contributed by atoms with Crippen molar-refractivity contribution in [2.75, 3.05) is 18.5 Å². The van der Waals surface area contributed by atoms with Gasteiger partial charge in [0.1, 0.15) is 5.82 Å². The summed E-state index contributed by atoms with van der Waals surface area (Å²) in [5, 5.41) is 2.87. The lowest BCUT2D eigenvalue weighted by atomic mass is 10.1. The number of likely N-dealkylation sites (N-methyl/N-ethyl adjacent to an activating group) is 1. The Morgan fingerprint density at radius 1 is 1.17 bits per heavy atom. The molecule has 0 spiro atoms. The largest absolute Gasteiger partial charge is 0.355 e. The van der Waals surface area contributed by atoms with E-state index in [2.05, 4.69) is 5.32 Å². The Hall–Kier alpha value is -2.69. The third-order valence-corrected chi connectivity index (χ3v) is 4.23. The molecule has 0 atom stereocenters. The average molecular weight is 326 g/mol. The Morgan fingerprint density at radius 2 is 1.88 bits per heavy atom. The van der Waals surface area contributed by atoms with Crippen LogP contribution in [0.1, 0.15) is 16.7 Å². The first-order valence-corrected chi connectivity index (χ1v) is 7.92. The summed E-state index contributed by atoms with van der Waals surface area (Å²) in [5.74, 6) is -0.285. The molecule has 0 bridgehead atoms. The molecule has 0 aromatic heterocycles. The fourth-order valence-electron chi connectivity index (χ4n) is 2.88. The minimum atomic E-state index is -0.306. The third kappa shape index (κ3) is 3.62. The van der Waals surface area contributed by atoms with Gasteiger partial charge in [0.15, 0.2) is 0 Å². The first kappa shape index (κ1) is 16.2. The molecule has 0 unspecified atom stereocenters. The Kier molecular flexibility index (Phi) is 4.60. The highest BCUT2D eigenvalue weighted by Crippen LogP contribution is 2.28. The van der Waals surface area contributed by atoms with Crippen molar-refractivity contribution in [3.05, 3.63) is 65.0 Å². The van der Waals surface area contributed by atoms with Crippen molar-refractivity contribution in [3.8, 4) is 0 Å². The summed E-state index contributed by atoms with van der Waals surface area (Å²) in [7, 11) is 1.78. The van der Waals surface area contributed by atoms with E-state index in [1.54, 1.807) is 24.1 Å². The number of hydrogen-bond donors (Lipinski definition) is 1. The van der Waals surface area contributed by atoms with Gasteiger partial charge in [-0.15, -0.1) is 0 Å². The minimum Gasteiger partial charge on any atom is -0.355 e. The van der Waals surface area contributed by atoms with Crippen LogP contribution in [0.3, 0.4) is 0 Å². The molecule has 3 rings (SSSR count). The molecule has 0 radical (unpaired) electrons. The number of fused-ring (bicyclic) bond motifs is 1. The van der Waals surface area contributed by atoms with Crippen LogP contribution in [0.4, 0.5) is 10.1 Å². The number of amides is 2. The van der Waals surface area contributed by atoms with Gasteiger partial charge < -0.3 is 10.2 Å². The molecule has 0 saturated carbocycles. The van der Waals surface area contributed by atoms with Crippen LogP contribution in [0.2, 0.25) is 0 Å². The molecule has 0 aliphatic carbocycles. The van der Waals surface area contributed by atoms with E-state index in [1.165, 1.54) is 12.1 Å². The summed E-state index contributed by atoms with van der Waals surface area (Å²) < 4.78 is 12.8. The van der Waals surface area contributed by atoms with Gasteiger partial charge in [-0.05, 0) is 41.3 Å². The molecule has 2 aromatic rings. The van der Waals surface area contributed by atoms with Gasteiger partial charge in [-0.2, -0.15) is 0 Å². The maximum atomic E-state index is 12.8. The molecular formula is C19H19FN2O2. The van der Waals surface area contributed by atoms with Crippen molar-refractivity contribution >= 4 is 17.5 Å². The molecule has 2 aromatic carbocycles. The molecule has 1 heterocycles. The molecule has 2 amide bonds. The number of anilines is 1. The van der Waals surface area contributed by atoms with Crippen molar-refractivity contribution in [2.24, 2.45) is 0 Å². The van der Waals surface area contributed by atoms with Crippen molar-refractivity contribution in [1.29, 1.82) is 0 Å². The maximum Gasteiger partial charge on any atom is 0.231 e. The quantitative estimate of drug-likeness (QED) is 0.916. The zero-order valence-corrected chi connectivity index (χ0v) is 13.5. The molecule has 124 valence electrons. The number of nitrogens with one attached hydrogen (secondary N) is 1. The molecule has 4 nitrogen and oxygen atoms in total. The van der Waals surface area contributed by atoms with Crippen molar-refractivity contribution in [2.45, 2.75) is 19.3 Å². The van der Waals surface area contributed by atoms with Crippen molar-refractivity contribution in [1.82, 2.24) is 5.32 Å². The summed E-state index contributed by atoms with van der Waals surface area (Å²) in [4.78, 5) is 25.3. The van der Waals surface area contributed by atoms with Gasteiger partial charge in [0.2, 0.25) is 11.8 Å². The Morgan fingerprint density at radius 3 is 2.62 bits per heavy atom. The number of carbonyl (C=O) groups is 2. The van der Waals surface area contributed by atoms with Gasteiger partial charge >= 0.3 is 0 Å².